The van der Waals surface area contributed by atoms with E-state index in [-0.39, 0.29) is 0 Å². The van der Waals surface area contributed by atoms with Crippen molar-refractivity contribution in [2.75, 3.05) is 20.2 Å². The van der Waals surface area contributed by atoms with Gasteiger partial charge in [-0.2, -0.15) is 0 Å². The van der Waals surface area contributed by atoms with Crippen LogP contribution in [0.2, 0.25) is 0 Å². The number of hydrogen-bond donors (Lipinski definition) is 1. The highest BCUT2D eigenvalue weighted by Gasteiger charge is 2.13. The van der Waals surface area contributed by atoms with Crippen LogP contribution in [0, 0.1) is 6.92 Å². The SMILES string of the molecule is Cc1nc2ccccn2c1CN(C)CC(O)COCc1ccccc1. The van der Waals surface area contributed by atoms with Crippen LogP contribution < -0.4 is 0 Å². The molecule has 2 heterocycles. The van der Waals surface area contributed by atoms with E-state index in [0.717, 1.165) is 29.1 Å². The van der Waals surface area contributed by atoms with Gasteiger partial charge in [0.05, 0.1) is 30.7 Å². The summed E-state index contributed by atoms with van der Waals surface area (Å²) in [5.41, 5.74) is 4.24. The van der Waals surface area contributed by atoms with Crippen LogP contribution in [-0.4, -0.2) is 45.7 Å². The number of benzene rings is 1. The van der Waals surface area contributed by atoms with E-state index in [2.05, 4.69) is 14.3 Å². The Bertz CT molecular complexity index is 801. The van der Waals surface area contributed by atoms with Crippen molar-refractivity contribution < 1.29 is 9.84 Å². The Morgan fingerprint density at radius 1 is 1.16 bits per heavy atom. The van der Waals surface area contributed by atoms with Crippen LogP contribution in [-0.2, 0) is 17.9 Å². The number of hydrogen-bond acceptors (Lipinski definition) is 4. The topological polar surface area (TPSA) is 50.0 Å². The zero-order valence-corrected chi connectivity index (χ0v) is 14.8. The second-order valence-electron chi connectivity index (χ2n) is 6.42. The third kappa shape index (κ3) is 4.66. The fraction of sp³-hybridized carbons (Fsp3) is 0.350. The summed E-state index contributed by atoms with van der Waals surface area (Å²) in [6, 6.07) is 16.0. The van der Waals surface area contributed by atoms with Crippen molar-refractivity contribution in [1.82, 2.24) is 14.3 Å². The van der Waals surface area contributed by atoms with Crippen LogP contribution in [0.4, 0.5) is 0 Å². The van der Waals surface area contributed by atoms with E-state index in [1.807, 2.05) is 68.7 Å². The third-order valence-corrected chi connectivity index (χ3v) is 4.19. The molecule has 0 fully saturated rings. The zero-order valence-electron chi connectivity index (χ0n) is 14.8. The molecular formula is C20H25N3O2. The number of nitrogens with zero attached hydrogens (tertiary/aromatic N) is 3. The molecule has 0 aliphatic rings. The quantitative estimate of drug-likeness (QED) is 0.685. The van der Waals surface area contributed by atoms with Gasteiger partial charge in [0.15, 0.2) is 0 Å². The number of ether oxygens (including phenoxy) is 1. The minimum absolute atomic E-state index is 0.325. The Balaban J connectivity index is 1.49. The molecule has 5 heteroatoms. The number of aliphatic hydroxyl groups excluding tert-OH is 1. The average Bonchev–Trinajstić information content (AvgIpc) is 2.91. The molecule has 0 spiro atoms. The molecule has 0 aliphatic heterocycles. The van der Waals surface area contributed by atoms with Gasteiger partial charge in [-0.15, -0.1) is 0 Å². The molecule has 3 rings (SSSR count). The van der Waals surface area contributed by atoms with Gasteiger partial charge in [-0.25, -0.2) is 4.98 Å². The predicted octanol–water partition coefficient (Wildman–Crippen LogP) is 2.65. The maximum absolute atomic E-state index is 10.2. The molecule has 1 N–H and O–H groups in total. The summed E-state index contributed by atoms with van der Waals surface area (Å²) < 4.78 is 7.72. The van der Waals surface area contributed by atoms with E-state index in [1.165, 1.54) is 0 Å². The first-order valence-electron chi connectivity index (χ1n) is 8.54. The molecule has 0 aliphatic carbocycles. The summed E-state index contributed by atoms with van der Waals surface area (Å²) in [4.78, 5) is 6.67. The highest BCUT2D eigenvalue weighted by atomic mass is 16.5. The molecule has 1 aromatic carbocycles. The number of aryl methyl sites for hydroxylation is 1. The molecule has 132 valence electrons. The standard InChI is InChI=1S/C20H25N3O2/c1-16-19(23-11-7-6-10-20(23)21-16)13-22(2)12-18(24)15-25-14-17-8-4-3-5-9-17/h3-11,18,24H,12-15H2,1-2H3. The van der Waals surface area contributed by atoms with E-state index in [0.29, 0.717) is 19.8 Å². The average molecular weight is 339 g/mol. The molecule has 0 saturated carbocycles. The number of likely N-dealkylation sites (N-methyl/N-ethyl adjacent to an activating group) is 1. The van der Waals surface area contributed by atoms with Gasteiger partial charge in [0.25, 0.3) is 0 Å². The normalized spacial score (nSPS) is 12.8. The molecule has 0 saturated heterocycles. The first-order chi connectivity index (χ1) is 12.1. The van der Waals surface area contributed by atoms with Crippen molar-refractivity contribution in [1.29, 1.82) is 0 Å². The lowest BCUT2D eigenvalue weighted by atomic mass is 10.2. The lowest BCUT2D eigenvalue weighted by molar-refractivity contribution is 0.0125. The van der Waals surface area contributed by atoms with Gasteiger partial charge in [-0.3, -0.25) is 4.90 Å². The Kier molecular flexibility index (Phi) is 5.81. The van der Waals surface area contributed by atoms with Crippen molar-refractivity contribution in [3.8, 4) is 0 Å². The number of pyridine rings is 1. The number of fused-ring (bicyclic) bond motifs is 1. The van der Waals surface area contributed by atoms with E-state index >= 15 is 0 Å². The highest BCUT2D eigenvalue weighted by molar-refractivity contribution is 5.42. The largest absolute Gasteiger partial charge is 0.389 e. The van der Waals surface area contributed by atoms with E-state index < -0.39 is 6.10 Å². The Labute approximate surface area is 148 Å². The third-order valence-electron chi connectivity index (χ3n) is 4.19. The van der Waals surface area contributed by atoms with Crippen LogP contribution >= 0.6 is 0 Å². The van der Waals surface area contributed by atoms with Crippen LogP contribution in [0.3, 0.4) is 0 Å². The number of aromatic nitrogens is 2. The minimum atomic E-state index is -0.520. The van der Waals surface area contributed by atoms with E-state index in [4.69, 9.17) is 4.74 Å². The molecule has 5 nitrogen and oxygen atoms in total. The van der Waals surface area contributed by atoms with Gasteiger partial charge in [-0.1, -0.05) is 36.4 Å². The molecule has 1 atom stereocenters. The summed E-state index contributed by atoms with van der Waals surface area (Å²) in [6.07, 6.45) is 1.51. The van der Waals surface area contributed by atoms with Gasteiger partial charge in [0, 0.05) is 19.3 Å². The number of aliphatic hydroxyl groups is 1. The van der Waals surface area contributed by atoms with Crippen LogP contribution in [0.25, 0.3) is 5.65 Å². The van der Waals surface area contributed by atoms with Gasteiger partial charge < -0.3 is 14.2 Å². The van der Waals surface area contributed by atoms with Crippen LogP contribution in [0.1, 0.15) is 17.0 Å². The summed E-state index contributed by atoms with van der Waals surface area (Å²) in [5, 5.41) is 10.2. The Morgan fingerprint density at radius 3 is 2.72 bits per heavy atom. The van der Waals surface area contributed by atoms with Crippen molar-refractivity contribution in [3.05, 3.63) is 71.7 Å². The summed E-state index contributed by atoms with van der Waals surface area (Å²) >= 11 is 0. The second-order valence-corrected chi connectivity index (χ2v) is 6.42. The van der Waals surface area contributed by atoms with Gasteiger partial charge in [-0.05, 0) is 31.7 Å². The molecule has 0 radical (unpaired) electrons. The second kappa shape index (κ2) is 8.25. The molecule has 0 bridgehead atoms. The molecule has 0 amide bonds. The van der Waals surface area contributed by atoms with Crippen molar-refractivity contribution >= 4 is 5.65 Å². The smallest absolute Gasteiger partial charge is 0.137 e. The summed E-state index contributed by atoms with van der Waals surface area (Å²) in [5.74, 6) is 0. The lowest BCUT2D eigenvalue weighted by Crippen LogP contribution is -2.32. The maximum atomic E-state index is 10.2. The number of imidazole rings is 1. The predicted molar refractivity (Wildman–Crippen MR) is 98.4 cm³/mol. The lowest BCUT2D eigenvalue weighted by Gasteiger charge is -2.20. The fourth-order valence-corrected chi connectivity index (χ4v) is 2.97. The van der Waals surface area contributed by atoms with Gasteiger partial charge >= 0.3 is 0 Å². The summed E-state index contributed by atoms with van der Waals surface area (Å²) in [6.45, 7) is 4.15. The molecule has 2 aromatic heterocycles. The first kappa shape index (κ1) is 17.6. The Morgan fingerprint density at radius 2 is 1.92 bits per heavy atom. The Hall–Kier alpha value is -2.21. The van der Waals surface area contributed by atoms with E-state index in [9.17, 15) is 5.11 Å². The molecule has 1 unspecified atom stereocenters. The minimum Gasteiger partial charge on any atom is -0.389 e. The van der Waals surface area contributed by atoms with Crippen molar-refractivity contribution in [2.45, 2.75) is 26.2 Å². The van der Waals surface area contributed by atoms with Crippen LogP contribution in [0.5, 0.6) is 0 Å². The van der Waals surface area contributed by atoms with Gasteiger partial charge in [0.1, 0.15) is 5.65 Å². The van der Waals surface area contributed by atoms with Crippen molar-refractivity contribution in [2.24, 2.45) is 0 Å². The first-order valence-corrected chi connectivity index (χ1v) is 8.54. The highest BCUT2D eigenvalue weighted by Crippen LogP contribution is 2.13. The maximum Gasteiger partial charge on any atom is 0.137 e. The van der Waals surface area contributed by atoms with Crippen molar-refractivity contribution in [3.63, 3.8) is 0 Å². The van der Waals surface area contributed by atoms with Crippen LogP contribution in [0.15, 0.2) is 54.7 Å². The summed E-state index contributed by atoms with van der Waals surface area (Å²) in [7, 11) is 2.00. The fourth-order valence-electron chi connectivity index (χ4n) is 2.97. The van der Waals surface area contributed by atoms with E-state index in [1.54, 1.807) is 0 Å². The monoisotopic (exact) mass is 339 g/mol. The van der Waals surface area contributed by atoms with Gasteiger partial charge in [0.2, 0.25) is 0 Å². The molecule has 3 aromatic rings. The molecule has 25 heavy (non-hydrogen) atoms. The molecular weight excluding hydrogens is 314 g/mol. The number of rotatable bonds is 8. The zero-order chi connectivity index (χ0) is 17.6.